The first-order chi connectivity index (χ1) is 9.28. The quantitative estimate of drug-likeness (QED) is 0.648. The van der Waals surface area contributed by atoms with Crippen molar-refractivity contribution in [2.75, 3.05) is 12.4 Å². The van der Waals surface area contributed by atoms with Gasteiger partial charge in [-0.25, -0.2) is 4.99 Å². The fourth-order valence-corrected chi connectivity index (χ4v) is 1.56. The number of hydrogen-bond acceptors (Lipinski definition) is 3. The van der Waals surface area contributed by atoms with E-state index >= 15 is 0 Å². The first-order valence-electron chi connectivity index (χ1n) is 5.88. The minimum atomic E-state index is 0.358. The first kappa shape index (κ1) is 12.9. The van der Waals surface area contributed by atoms with E-state index in [-0.39, 0.29) is 0 Å². The summed E-state index contributed by atoms with van der Waals surface area (Å²) in [6.07, 6.45) is 3.49. The van der Waals surface area contributed by atoms with Crippen molar-refractivity contribution in [1.82, 2.24) is 4.98 Å². The minimum absolute atomic E-state index is 0.358. The van der Waals surface area contributed by atoms with Crippen LogP contribution in [0.15, 0.2) is 53.8 Å². The molecule has 2 rings (SSSR count). The van der Waals surface area contributed by atoms with E-state index in [9.17, 15) is 0 Å². The molecule has 0 saturated carbocycles. The van der Waals surface area contributed by atoms with E-state index in [1.807, 2.05) is 36.4 Å². The molecule has 0 unspecified atom stereocenters. The molecule has 0 aliphatic heterocycles. The Labute approximate surface area is 112 Å². The molecule has 0 bridgehead atoms. The van der Waals surface area contributed by atoms with E-state index in [4.69, 9.17) is 10.5 Å². The molecule has 0 saturated heterocycles. The lowest BCUT2D eigenvalue weighted by atomic mass is 10.3. The zero-order valence-corrected chi connectivity index (χ0v) is 10.7. The third-order valence-electron chi connectivity index (χ3n) is 2.50. The van der Waals surface area contributed by atoms with Crippen LogP contribution < -0.4 is 15.8 Å². The molecule has 3 N–H and O–H groups in total. The molecule has 0 aliphatic rings. The van der Waals surface area contributed by atoms with Crippen molar-refractivity contribution in [3.8, 4) is 5.75 Å². The Morgan fingerprint density at radius 2 is 2.26 bits per heavy atom. The molecule has 0 atom stereocenters. The fraction of sp³-hybridized carbons (Fsp3) is 0.143. The van der Waals surface area contributed by atoms with Crippen molar-refractivity contribution in [1.29, 1.82) is 0 Å². The molecular weight excluding hydrogens is 240 g/mol. The summed E-state index contributed by atoms with van der Waals surface area (Å²) in [4.78, 5) is 8.27. The standard InChI is InChI=1S/C14H16N4O/c1-19-13-6-2-5-12(8-13)18-14(15)17-10-11-4-3-7-16-9-11/h2-9H,10H2,1H3,(H3,15,17,18). The largest absolute Gasteiger partial charge is 0.497 e. The number of nitrogens with two attached hydrogens (primary N) is 1. The number of aromatic nitrogens is 1. The second-order valence-electron chi connectivity index (χ2n) is 3.92. The highest BCUT2D eigenvalue weighted by atomic mass is 16.5. The van der Waals surface area contributed by atoms with E-state index < -0.39 is 0 Å². The Kier molecular flexibility index (Phi) is 4.34. The van der Waals surface area contributed by atoms with Crippen molar-refractivity contribution >= 4 is 11.6 Å². The summed E-state index contributed by atoms with van der Waals surface area (Å²) in [5.74, 6) is 1.13. The lowest BCUT2D eigenvalue weighted by Gasteiger charge is -2.07. The average Bonchev–Trinajstić information content (AvgIpc) is 2.46. The van der Waals surface area contributed by atoms with Gasteiger partial charge in [-0.2, -0.15) is 0 Å². The lowest BCUT2D eigenvalue weighted by molar-refractivity contribution is 0.415. The molecule has 0 spiro atoms. The first-order valence-corrected chi connectivity index (χ1v) is 5.88. The lowest BCUT2D eigenvalue weighted by Crippen LogP contribution is -2.22. The zero-order chi connectivity index (χ0) is 13.5. The maximum absolute atomic E-state index is 5.82. The molecule has 5 heteroatoms. The van der Waals surface area contributed by atoms with Gasteiger partial charge in [-0.05, 0) is 23.8 Å². The predicted octanol–water partition coefficient (Wildman–Crippen LogP) is 2.02. The van der Waals surface area contributed by atoms with Crippen LogP contribution in [0.2, 0.25) is 0 Å². The summed E-state index contributed by atoms with van der Waals surface area (Å²) in [7, 11) is 1.62. The van der Waals surface area contributed by atoms with Gasteiger partial charge in [0, 0.05) is 24.1 Å². The zero-order valence-electron chi connectivity index (χ0n) is 10.7. The van der Waals surface area contributed by atoms with Gasteiger partial charge in [0.05, 0.1) is 13.7 Å². The summed E-state index contributed by atoms with van der Waals surface area (Å²) >= 11 is 0. The van der Waals surface area contributed by atoms with Gasteiger partial charge in [-0.3, -0.25) is 4.98 Å². The summed E-state index contributed by atoms with van der Waals surface area (Å²) in [5.41, 5.74) is 7.67. The van der Waals surface area contributed by atoms with Gasteiger partial charge >= 0.3 is 0 Å². The van der Waals surface area contributed by atoms with Gasteiger partial charge in [0.2, 0.25) is 0 Å². The van der Waals surface area contributed by atoms with Crippen LogP contribution in [0.5, 0.6) is 5.75 Å². The molecule has 1 heterocycles. The maximum atomic E-state index is 5.82. The van der Waals surface area contributed by atoms with E-state index in [0.717, 1.165) is 17.0 Å². The summed E-state index contributed by atoms with van der Waals surface area (Å²) in [6.45, 7) is 0.497. The molecule has 98 valence electrons. The number of methoxy groups -OCH3 is 1. The maximum Gasteiger partial charge on any atom is 0.193 e. The van der Waals surface area contributed by atoms with Crippen LogP contribution in [0.3, 0.4) is 0 Å². The molecule has 19 heavy (non-hydrogen) atoms. The smallest absolute Gasteiger partial charge is 0.193 e. The van der Waals surface area contributed by atoms with Crippen LogP contribution in [0.4, 0.5) is 5.69 Å². The van der Waals surface area contributed by atoms with Crippen molar-refractivity contribution in [3.63, 3.8) is 0 Å². The number of guanidine groups is 1. The number of aliphatic imine (C=N–C) groups is 1. The third-order valence-corrected chi connectivity index (χ3v) is 2.50. The summed E-state index contributed by atoms with van der Waals surface area (Å²) in [5, 5.41) is 3.01. The van der Waals surface area contributed by atoms with Crippen LogP contribution in [0, 0.1) is 0 Å². The normalized spacial score (nSPS) is 11.1. The van der Waals surface area contributed by atoms with Crippen LogP contribution in [-0.2, 0) is 6.54 Å². The highest BCUT2D eigenvalue weighted by molar-refractivity contribution is 5.92. The second kappa shape index (κ2) is 6.39. The van der Waals surface area contributed by atoms with E-state index in [0.29, 0.717) is 12.5 Å². The van der Waals surface area contributed by atoms with Gasteiger partial charge in [0.1, 0.15) is 5.75 Å². The van der Waals surface area contributed by atoms with Crippen molar-refractivity contribution < 1.29 is 4.74 Å². The molecule has 0 radical (unpaired) electrons. The highest BCUT2D eigenvalue weighted by Crippen LogP contribution is 2.16. The van der Waals surface area contributed by atoms with Gasteiger partial charge in [-0.15, -0.1) is 0 Å². The SMILES string of the molecule is COc1cccc(NC(N)=NCc2cccnc2)c1. The number of nitrogens with one attached hydrogen (secondary N) is 1. The van der Waals surface area contributed by atoms with Crippen molar-refractivity contribution in [3.05, 3.63) is 54.4 Å². The number of ether oxygens (including phenoxy) is 1. The van der Waals surface area contributed by atoms with Gasteiger partial charge in [-0.1, -0.05) is 12.1 Å². The summed E-state index contributed by atoms with van der Waals surface area (Å²) < 4.78 is 5.14. The molecule has 2 aromatic rings. The highest BCUT2D eigenvalue weighted by Gasteiger charge is 1.97. The number of pyridine rings is 1. The third kappa shape index (κ3) is 3.99. The van der Waals surface area contributed by atoms with E-state index in [2.05, 4.69) is 15.3 Å². The average molecular weight is 256 g/mol. The number of rotatable bonds is 4. The van der Waals surface area contributed by atoms with Crippen LogP contribution in [-0.4, -0.2) is 18.1 Å². The number of nitrogens with zero attached hydrogens (tertiary/aromatic N) is 2. The van der Waals surface area contributed by atoms with Crippen LogP contribution in [0.25, 0.3) is 0 Å². The molecule has 1 aromatic carbocycles. The number of hydrogen-bond donors (Lipinski definition) is 2. The van der Waals surface area contributed by atoms with E-state index in [1.54, 1.807) is 19.5 Å². The Morgan fingerprint density at radius 3 is 3.00 bits per heavy atom. The predicted molar refractivity (Wildman–Crippen MR) is 76.2 cm³/mol. The van der Waals surface area contributed by atoms with Gasteiger partial charge in [0.25, 0.3) is 0 Å². The topological polar surface area (TPSA) is 72.5 Å². The fourth-order valence-electron chi connectivity index (χ4n) is 1.56. The molecule has 5 nitrogen and oxygen atoms in total. The number of benzene rings is 1. The van der Waals surface area contributed by atoms with Gasteiger partial charge in [0.15, 0.2) is 5.96 Å². The molecule has 1 aromatic heterocycles. The summed E-state index contributed by atoms with van der Waals surface area (Å²) in [6, 6.07) is 11.3. The molecular formula is C14H16N4O. The van der Waals surface area contributed by atoms with Crippen LogP contribution >= 0.6 is 0 Å². The van der Waals surface area contributed by atoms with Crippen LogP contribution in [0.1, 0.15) is 5.56 Å². The van der Waals surface area contributed by atoms with Gasteiger partial charge < -0.3 is 15.8 Å². The Bertz CT molecular complexity index is 554. The minimum Gasteiger partial charge on any atom is -0.497 e. The Hall–Kier alpha value is -2.56. The molecule has 0 fully saturated rings. The van der Waals surface area contributed by atoms with E-state index in [1.165, 1.54) is 0 Å². The van der Waals surface area contributed by atoms with Crippen molar-refractivity contribution in [2.24, 2.45) is 10.7 Å². The van der Waals surface area contributed by atoms with Crippen molar-refractivity contribution in [2.45, 2.75) is 6.54 Å². The Morgan fingerprint density at radius 1 is 1.37 bits per heavy atom. The second-order valence-corrected chi connectivity index (χ2v) is 3.92. The number of anilines is 1. The monoisotopic (exact) mass is 256 g/mol. The molecule has 0 aliphatic carbocycles. The Balaban J connectivity index is 1.98. The molecule has 0 amide bonds.